The molecule has 0 saturated carbocycles. The van der Waals surface area contributed by atoms with E-state index in [1.54, 1.807) is 24.5 Å². The maximum absolute atomic E-state index is 12.7. The van der Waals surface area contributed by atoms with Crippen molar-refractivity contribution in [2.24, 2.45) is 0 Å². The van der Waals surface area contributed by atoms with Crippen molar-refractivity contribution < 1.29 is 8.78 Å². The molecule has 8 heteroatoms. The average Bonchev–Trinajstić information content (AvgIpc) is 2.89. The van der Waals surface area contributed by atoms with Gasteiger partial charge in [0.1, 0.15) is 5.82 Å². The third-order valence-corrected chi connectivity index (χ3v) is 2.68. The van der Waals surface area contributed by atoms with Crippen LogP contribution in [0.15, 0.2) is 36.7 Å². The maximum atomic E-state index is 12.7. The van der Waals surface area contributed by atoms with Gasteiger partial charge in [-0.15, -0.1) is 15.3 Å². The Morgan fingerprint density at radius 2 is 2.10 bits per heavy atom. The Balaban J connectivity index is 1.83. The molecule has 0 aliphatic rings. The van der Waals surface area contributed by atoms with Crippen molar-refractivity contribution in [1.82, 2.24) is 24.8 Å². The van der Waals surface area contributed by atoms with Crippen LogP contribution in [0.3, 0.4) is 0 Å². The molecule has 0 amide bonds. The fraction of sp³-hybridized carbons (Fsp3) is 0.167. The molecule has 1 N–H and O–H groups in total. The van der Waals surface area contributed by atoms with Crippen LogP contribution in [0.2, 0.25) is 0 Å². The fourth-order valence-corrected chi connectivity index (χ4v) is 1.73. The Hall–Kier alpha value is -2.64. The second kappa shape index (κ2) is 5.16. The molecule has 0 aliphatic carbocycles. The van der Waals surface area contributed by atoms with E-state index in [-0.39, 0.29) is 5.65 Å². The zero-order valence-electron chi connectivity index (χ0n) is 10.2. The monoisotopic (exact) mass is 276 g/mol. The smallest absolute Gasteiger partial charge is 0.299 e. The summed E-state index contributed by atoms with van der Waals surface area (Å²) in [6.07, 6.45) is 0.681. The number of halogens is 2. The van der Waals surface area contributed by atoms with E-state index < -0.39 is 12.2 Å². The first-order valence-electron chi connectivity index (χ1n) is 5.87. The zero-order chi connectivity index (χ0) is 13.9. The van der Waals surface area contributed by atoms with Gasteiger partial charge in [-0.3, -0.25) is 4.98 Å². The predicted molar refractivity (Wildman–Crippen MR) is 67.3 cm³/mol. The van der Waals surface area contributed by atoms with Crippen molar-refractivity contribution in [3.05, 3.63) is 48.0 Å². The van der Waals surface area contributed by atoms with Crippen LogP contribution in [0.5, 0.6) is 0 Å². The third kappa shape index (κ3) is 2.40. The lowest BCUT2D eigenvalue weighted by atomic mass is 10.3. The number of anilines is 1. The molecule has 0 fully saturated rings. The Kier molecular flexibility index (Phi) is 3.20. The molecule has 102 valence electrons. The summed E-state index contributed by atoms with van der Waals surface area (Å²) in [7, 11) is 0. The van der Waals surface area contributed by atoms with E-state index in [4.69, 9.17) is 0 Å². The van der Waals surface area contributed by atoms with Crippen molar-refractivity contribution in [3.8, 4) is 0 Å². The van der Waals surface area contributed by atoms with Crippen LogP contribution >= 0.6 is 0 Å². The molecule has 3 aromatic rings. The van der Waals surface area contributed by atoms with Crippen LogP contribution in [-0.2, 0) is 6.54 Å². The maximum Gasteiger partial charge on any atom is 0.299 e. The fourth-order valence-electron chi connectivity index (χ4n) is 1.73. The first-order valence-corrected chi connectivity index (χ1v) is 5.87. The normalized spacial score (nSPS) is 11.2. The third-order valence-electron chi connectivity index (χ3n) is 2.68. The molecule has 20 heavy (non-hydrogen) atoms. The first kappa shape index (κ1) is 12.4. The standard InChI is InChI=1S/C12H10F2N6/c13-11(14)12-18-17-10-4-3-9(19-20(10)12)16-7-8-2-1-5-15-6-8/h1-6,11H,7H2,(H,16,19). The molecule has 0 unspecified atom stereocenters. The Morgan fingerprint density at radius 1 is 1.20 bits per heavy atom. The molecule has 0 aromatic carbocycles. The highest BCUT2D eigenvalue weighted by atomic mass is 19.3. The Labute approximate surface area is 112 Å². The van der Waals surface area contributed by atoms with Crippen molar-refractivity contribution in [2.75, 3.05) is 5.32 Å². The molecule has 3 heterocycles. The van der Waals surface area contributed by atoms with Gasteiger partial charge < -0.3 is 5.32 Å². The molecule has 6 nitrogen and oxygen atoms in total. The van der Waals surface area contributed by atoms with E-state index >= 15 is 0 Å². The topological polar surface area (TPSA) is 68.0 Å². The van der Waals surface area contributed by atoms with Crippen LogP contribution < -0.4 is 5.32 Å². The molecule has 0 saturated heterocycles. The summed E-state index contributed by atoms with van der Waals surface area (Å²) in [6.45, 7) is 0.498. The number of fused-ring (bicyclic) bond motifs is 1. The first-order chi connectivity index (χ1) is 9.74. The summed E-state index contributed by atoms with van der Waals surface area (Å²) in [6, 6.07) is 6.97. The van der Waals surface area contributed by atoms with Crippen LogP contribution in [-0.4, -0.2) is 24.8 Å². The van der Waals surface area contributed by atoms with Gasteiger partial charge in [-0.2, -0.15) is 4.52 Å². The van der Waals surface area contributed by atoms with Gasteiger partial charge in [-0.25, -0.2) is 8.78 Å². The number of nitrogens with one attached hydrogen (secondary N) is 1. The van der Waals surface area contributed by atoms with Crippen molar-refractivity contribution in [3.63, 3.8) is 0 Å². The highest BCUT2D eigenvalue weighted by Gasteiger charge is 2.16. The van der Waals surface area contributed by atoms with E-state index in [2.05, 4.69) is 25.6 Å². The molecular formula is C12H10F2N6. The van der Waals surface area contributed by atoms with Crippen molar-refractivity contribution in [1.29, 1.82) is 0 Å². The molecule has 3 aromatic heterocycles. The SMILES string of the molecule is FC(F)c1nnc2ccc(NCc3cccnc3)nn12. The lowest BCUT2D eigenvalue weighted by Crippen LogP contribution is -2.06. The number of aromatic nitrogens is 5. The van der Waals surface area contributed by atoms with Gasteiger partial charge in [0, 0.05) is 18.9 Å². The Morgan fingerprint density at radius 3 is 2.85 bits per heavy atom. The summed E-state index contributed by atoms with van der Waals surface area (Å²) < 4.78 is 26.5. The van der Waals surface area contributed by atoms with Crippen LogP contribution in [0.1, 0.15) is 17.8 Å². The lowest BCUT2D eigenvalue weighted by molar-refractivity contribution is 0.137. The number of alkyl halides is 2. The van der Waals surface area contributed by atoms with Gasteiger partial charge in [0.05, 0.1) is 0 Å². The highest BCUT2D eigenvalue weighted by molar-refractivity contribution is 5.44. The molecule has 0 bridgehead atoms. The summed E-state index contributed by atoms with van der Waals surface area (Å²) in [5, 5.41) is 14.1. The van der Waals surface area contributed by atoms with Gasteiger partial charge in [0.15, 0.2) is 5.65 Å². The van der Waals surface area contributed by atoms with Crippen LogP contribution in [0.4, 0.5) is 14.6 Å². The second-order valence-electron chi connectivity index (χ2n) is 4.06. The predicted octanol–water partition coefficient (Wildman–Crippen LogP) is 2.07. The minimum absolute atomic E-state index is 0.284. The molecule has 0 radical (unpaired) electrons. The van der Waals surface area contributed by atoms with E-state index in [9.17, 15) is 8.78 Å². The number of hydrogen-bond acceptors (Lipinski definition) is 5. The van der Waals surface area contributed by atoms with Gasteiger partial charge in [0.25, 0.3) is 6.43 Å². The van der Waals surface area contributed by atoms with E-state index in [1.165, 1.54) is 0 Å². The quantitative estimate of drug-likeness (QED) is 0.790. The van der Waals surface area contributed by atoms with Gasteiger partial charge in [0.2, 0.25) is 5.82 Å². The van der Waals surface area contributed by atoms with Crippen LogP contribution in [0.25, 0.3) is 5.65 Å². The highest BCUT2D eigenvalue weighted by Crippen LogP contribution is 2.17. The molecule has 3 rings (SSSR count). The zero-order valence-corrected chi connectivity index (χ0v) is 10.2. The van der Waals surface area contributed by atoms with Crippen molar-refractivity contribution >= 4 is 11.5 Å². The minimum atomic E-state index is -2.72. The number of rotatable bonds is 4. The largest absolute Gasteiger partial charge is 0.364 e. The van der Waals surface area contributed by atoms with E-state index in [0.717, 1.165) is 10.1 Å². The van der Waals surface area contributed by atoms with Crippen molar-refractivity contribution in [2.45, 2.75) is 13.0 Å². The summed E-state index contributed by atoms with van der Waals surface area (Å²) in [5.41, 5.74) is 1.25. The second-order valence-corrected chi connectivity index (χ2v) is 4.06. The average molecular weight is 276 g/mol. The van der Waals surface area contributed by atoms with Gasteiger partial charge in [-0.05, 0) is 23.8 Å². The number of hydrogen-bond donors (Lipinski definition) is 1. The number of pyridine rings is 1. The minimum Gasteiger partial charge on any atom is -0.364 e. The van der Waals surface area contributed by atoms with Gasteiger partial charge >= 0.3 is 0 Å². The summed E-state index contributed by atoms with van der Waals surface area (Å²) in [5.74, 6) is -0.00641. The van der Waals surface area contributed by atoms with E-state index in [0.29, 0.717) is 12.4 Å². The van der Waals surface area contributed by atoms with Gasteiger partial charge in [-0.1, -0.05) is 6.07 Å². The number of nitrogens with zero attached hydrogens (tertiary/aromatic N) is 5. The Bertz CT molecular complexity index is 712. The lowest BCUT2D eigenvalue weighted by Gasteiger charge is -2.06. The molecule has 0 spiro atoms. The summed E-state index contributed by atoms with van der Waals surface area (Å²) in [4.78, 5) is 3.99. The summed E-state index contributed by atoms with van der Waals surface area (Å²) >= 11 is 0. The van der Waals surface area contributed by atoms with E-state index in [1.807, 2.05) is 12.1 Å². The molecule has 0 atom stereocenters. The molecular weight excluding hydrogens is 266 g/mol. The molecule has 0 aliphatic heterocycles. The van der Waals surface area contributed by atoms with Crippen LogP contribution in [0, 0.1) is 0 Å².